The van der Waals surface area contributed by atoms with Crippen molar-refractivity contribution in [1.82, 2.24) is 4.90 Å². The summed E-state index contributed by atoms with van der Waals surface area (Å²) in [5.41, 5.74) is 0.602. The maximum atomic E-state index is 12.4. The minimum absolute atomic E-state index is 0.123. The Bertz CT molecular complexity index is 565. The largest absolute Gasteiger partial charge is 0.466 e. The maximum Gasteiger partial charge on any atom is 0.310 e. The van der Waals surface area contributed by atoms with Gasteiger partial charge in [0.1, 0.15) is 0 Å². The lowest BCUT2D eigenvalue weighted by Gasteiger charge is -2.35. The van der Waals surface area contributed by atoms with Gasteiger partial charge in [0.05, 0.1) is 29.3 Å². The number of halogens is 1. The van der Waals surface area contributed by atoms with Gasteiger partial charge in [-0.15, -0.1) is 0 Å². The van der Waals surface area contributed by atoms with Crippen LogP contribution in [0.3, 0.4) is 0 Å². The van der Waals surface area contributed by atoms with E-state index in [0.29, 0.717) is 23.9 Å². The average molecular weight is 339 g/mol. The molecular formula is C17H23ClN2O3. The van der Waals surface area contributed by atoms with Crippen LogP contribution in [-0.2, 0) is 14.3 Å². The molecule has 1 aromatic carbocycles. The summed E-state index contributed by atoms with van der Waals surface area (Å²) in [5.74, 6) is -0.446. The van der Waals surface area contributed by atoms with Gasteiger partial charge in [-0.25, -0.2) is 0 Å². The highest BCUT2D eigenvalue weighted by Crippen LogP contribution is 2.23. The molecule has 1 amide bonds. The lowest BCUT2D eigenvalue weighted by atomic mass is 9.97. The van der Waals surface area contributed by atoms with Crippen LogP contribution in [0.1, 0.15) is 26.7 Å². The SMILES string of the molecule is CCOC(=O)C1CCCN(C(C)C(=O)Nc2ccccc2Cl)C1. The molecule has 1 aliphatic rings. The van der Waals surface area contributed by atoms with Gasteiger partial charge in [0, 0.05) is 6.54 Å². The Morgan fingerprint density at radius 1 is 1.43 bits per heavy atom. The average Bonchev–Trinajstić information content (AvgIpc) is 2.56. The monoisotopic (exact) mass is 338 g/mol. The second-order valence-electron chi connectivity index (χ2n) is 5.73. The predicted molar refractivity (Wildman–Crippen MR) is 90.5 cm³/mol. The molecule has 126 valence electrons. The van der Waals surface area contributed by atoms with Gasteiger partial charge in [0.2, 0.25) is 5.91 Å². The minimum Gasteiger partial charge on any atom is -0.466 e. The number of carbonyl (C=O) groups excluding carboxylic acids is 2. The first-order valence-electron chi connectivity index (χ1n) is 7.99. The van der Waals surface area contributed by atoms with Gasteiger partial charge < -0.3 is 10.1 Å². The number of nitrogens with zero attached hydrogens (tertiary/aromatic N) is 1. The smallest absolute Gasteiger partial charge is 0.310 e. The first-order valence-corrected chi connectivity index (χ1v) is 8.36. The fraction of sp³-hybridized carbons (Fsp3) is 0.529. The zero-order valence-corrected chi connectivity index (χ0v) is 14.3. The van der Waals surface area contributed by atoms with Gasteiger partial charge >= 0.3 is 5.97 Å². The predicted octanol–water partition coefficient (Wildman–Crippen LogP) is 2.94. The normalized spacial score (nSPS) is 19.9. The number of hydrogen-bond acceptors (Lipinski definition) is 4. The summed E-state index contributed by atoms with van der Waals surface area (Å²) in [6.07, 6.45) is 1.70. The zero-order chi connectivity index (χ0) is 16.8. The Morgan fingerprint density at radius 3 is 2.87 bits per heavy atom. The first kappa shape index (κ1) is 17.8. The summed E-state index contributed by atoms with van der Waals surface area (Å²) in [6, 6.07) is 6.81. The number of carbonyl (C=O) groups is 2. The van der Waals surface area contributed by atoms with E-state index in [2.05, 4.69) is 5.32 Å². The molecule has 1 fully saturated rings. The summed E-state index contributed by atoms with van der Waals surface area (Å²) in [5, 5.41) is 3.36. The third-order valence-corrected chi connectivity index (χ3v) is 4.46. The highest BCUT2D eigenvalue weighted by atomic mass is 35.5. The van der Waals surface area contributed by atoms with Crippen LogP contribution in [0.4, 0.5) is 5.69 Å². The molecule has 23 heavy (non-hydrogen) atoms. The van der Waals surface area contributed by atoms with Crippen LogP contribution in [0.5, 0.6) is 0 Å². The highest BCUT2D eigenvalue weighted by Gasteiger charge is 2.31. The molecule has 1 N–H and O–H groups in total. The molecule has 1 aromatic rings. The molecule has 1 saturated heterocycles. The van der Waals surface area contributed by atoms with E-state index in [9.17, 15) is 9.59 Å². The quantitative estimate of drug-likeness (QED) is 0.839. The second kappa shape index (κ2) is 8.31. The number of benzene rings is 1. The lowest BCUT2D eigenvalue weighted by molar-refractivity contribution is -0.150. The number of nitrogens with one attached hydrogen (secondary N) is 1. The van der Waals surface area contributed by atoms with E-state index in [1.165, 1.54) is 0 Å². The van der Waals surface area contributed by atoms with E-state index in [1.807, 2.05) is 24.0 Å². The number of amides is 1. The van der Waals surface area contributed by atoms with Crippen LogP contribution in [0.2, 0.25) is 5.02 Å². The number of ether oxygens (including phenoxy) is 1. The van der Waals surface area contributed by atoms with Crippen LogP contribution in [0.15, 0.2) is 24.3 Å². The third-order valence-electron chi connectivity index (χ3n) is 4.13. The Morgan fingerprint density at radius 2 is 2.17 bits per heavy atom. The Balaban J connectivity index is 1.96. The van der Waals surface area contributed by atoms with Crippen LogP contribution in [-0.4, -0.2) is 42.5 Å². The summed E-state index contributed by atoms with van der Waals surface area (Å²) < 4.78 is 5.10. The summed E-state index contributed by atoms with van der Waals surface area (Å²) >= 11 is 6.07. The second-order valence-corrected chi connectivity index (χ2v) is 6.14. The van der Waals surface area contributed by atoms with Gasteiger partial charge in [-0.2, -0.15) is 0 Å². The Labute approximate surface area is 141 Å². The fourth-order valence-corrected chi connectivity index (χ4v) is 2.96. The molecule has 0 aromatic heterocycles. The minimum atomic E-state index is -0.330. The van der Waals surface area contributed by atoms with Crippen LogP contribution < -0.4 is 5.32 Å². The summed E-state index contributed by atoms with van der Waals surface area (Å²) in [7, 11) is 0. The van der Waals surface area contributed by atoms with E-state index in [4.69, 9.17) is 16.3 Å². The Kier molecular flexibility index (Phi) is 6.42. The Hall–Kier alpha value is -1.59. The zero-order valence-electron chi connectivity index (χ0n) is 13.5. The molecule has 0 bridgehead atoms. The van der Waals surface area contributed by atoms with Crippen molar-refractivity contribution in [2.45, 2.75) is 32.7 Å². The molecule has 6 heteroatoms. The van der Waals surface area contributed by atoms with Gasteiger partial charge in [-0.1, -0.05) is 23.7 Å². The molecular weight excluding hydrogens is 316 g/mol. The van der Waals surface area contributed by atoms with Crippen LogP contribution in [0.25, 0.3) is 0 Å². The number of esters is 1. The number of rotatable bonds is 5. The fourth-order valence-electron chi connectivity index (χ4n) is 2.78. The standard InChI is InChI=1S/C17H23ClN2O3/c1-3-23-17(22)13-7-6-10-20(11-13)12(2)16(21)19-15-9-5-4-8-14(15)18/h4-5,8-9,12-13H,3,6-7,10-11H2,1-2H3,(H,19,21). The molecule has 0 saturated carbocycles. The topological polar surface area (TPSA) is 58.6 Å². The first-order chi connectivity index (χ1) is 11.0. The van der Waals surface area contributed by atoms with Crippen LogP contribution in [0, 0.1) is 5.92 Å². The van der Waals surface area contributed by atoms with Gasteiger partial charge in [-0.3, -0.25) is 14.5 Å². The van der Waals surface area contributed by atoms with Crippen molar-refractivity contribution in [3.8, 4) is 0 Å². The van der Waals surface area contributed by atoms with Gasteiger partial charge in [0.25, 0.3) is 0 Å². The van der Waals surface area contributed by atoms with E-state index in [-0.39, 0.29) is 23.8 Å². The van der Waals surface area contributed by atoms with Crippen molar-refractivity contribution < 1.29 is 14.3 Å². The van der Waals surface area contributed by atoms with Crippen LogP contribution >= 0.6 is 11.6 Å². The molecule has 1 aliphatic heterocycles. The van der Waals surface area contributed by atoms with Crippen molar-refractivity contribution in [2.24, 2.45) is 5.92 Å². The number of piperidine rings is 1. The van der Waals surface area contributed by atoms with Crippen molar-refractivity contribution in [3.63, 3.8) is 0 Å². The summed E-state index contributed by atoms with van der Waals surface area (Å²) in [6.45, 7) is 5.39. The highest BCUT2D eigenvalue weighted by molar-refractivity contribution is 6.33. The lowest BCUT2D eigenvalue weighted by Crippen LogP contribution is -2.48. The summed E-state index contributed by atoms with van der Waals surface area (Å²) in [4.78, 5) is 26.4. The number of likely N-dealkylation sites (tertiary alicyclic amines) is 1. The molecule has 2 rings (SSSR count). The van der Waals surface area contributed by atoms with Crippen molar-refractivity contribution in [1.29, 1.82) is 0 Å². The maximum absolute atomic E-state index is 12.4. The molecule has 1 heterocycles. The third kappa shape index (κ3) is 4.69. The number of hydrogen-bond donors (Lipinski definition) is 1. The van der Waals surface area contributed by atoms with E-state index in [1.54, 1.807) is 19.1 Å². The molecule has 2 unspecified atom stereocenters. The molecule has 0 radical (unpaired) electrons. The van der Waals surface area contributed by atoms with Gasteiger partial charge in [0.15, 0.2) is 0 Å². The van der Waals surface area contributed by atoms with Crippen molar-refractivity contribution in [3.05, 3.63) is 29.3 Å². The molecule has 0 aliphatic carbocycles. The number of para-hydroxylation sites is 1. The van der Waals surface area contributed by atoms with E-state index < -0.39 is 0 Å². The molecule has 2 atom stereocenters. The van der Waals surface area contributed by atoms with Crippen molar-refractivity contribution in [2.75, 3.05) is 25.0 Å². The van der Waals surface area contributed by atoms with Crippen molar-refractivity contribution >= 4 is 29.2 Å². The number of anilines is 1. The van der Waals surface area contributed by atoms with Gasteiger partial charge in [-0.05, 0) is 45.4 Å². The molecule has 5 nitrogen and oxygen atoms in total. The van der Waals surface area contributed by atoms with E-state index in [0.717, 1.165) is 19.4 Å². The molecule has 0 spiro atoms. The van der Waals surface area contributed by atoms with E-state index >= 15 is 0 Å².